The number of H-pyrrole nitrogens is 1. The number of aromatic nitrogens is 3. The first-order chi connectivity index (χ1) is 26.5. The monoisotopic (exact) mass is 736 g/mol. The van der Waals surface area contributed by atoms with E-state index in [1.165, 1.54) is 0 Å². The molecule has 3 N–H and O–H groups in total. The number of amides is 4. The molecule has 54 heavy (non-hydrogen) atoms. The van der Waals surface area contributed by atoms with Gasteiger partial charge in [-0.3, -0.25) is 34.4 Å². The van der Waals surface area contributed by atoms with Gasteiger partial charge in [-0.1, -0.05) is 18.2 Å². The molecule has 0 aliphatic carbocycles. The van der Waals surface area contributed by atoms with Crippen molar-refractivity contribution < 1.29 is 42.9 Å². The Labute approximate surface area is 310 Å². The van der Waals surface area contributed by atoms with Crippen LogP contribution < -0.4 is 15.4 Å². The SMILES string of the molecule is O=C1CCC(N2C(=O)c3cccc(NCCOCCOCCOCCOCCOc4ccc(-c5ccc6c(c5)[nH]c5ccncc56)cn4)c3C2=O)C(=O)N1. The molecule has 1 fully saturated rings. The van der Waals surface area contributed by atoms with Crippen molar-refractivity contribution in [1.29, 1.82) is 0 Å². The zero-order valence-electron chi connectivity index (χ0n) is 29.5. The topological polar surface area (TPSA) is 183 Å². The van der Waals surface area contributed by atoms with E-state index in [4.69, 9.17) is 23.7 Å². The lowest BCUT2D eigenvalue weighted by molar-refractivity contribution is -0.136. The summed E-state index contributed by atoms with van der Waals surface area (Å²) < 4.78 is 28.0. The molecule has 0 bridgehead atoms. The van der Waals surface area contributed by atoms with Crippen molar-refractivity contribution in [2.45, 2.75) is 18.9 Å². The van der Waals surface area contributed by atoms with Crippen molar-refractivity contribution in [3.63, 3.8) is 0 Å². The number of hydrogen-bond donors (Lipinski definition) is 3. The third-order valence-electron chi connectivity index (χ3n) is 9.09. The summed E-state index contributed by atoms with van der Waals surface area (Å²) in [5.41, 5.74) is 5.07. The molecule has 15 nitrogen and oxygen atoms in total. The normalized spacial score (nSPS) is 15.6. The molecule has 15 heteroatoms. The fraction of sp³-hybridized carbons (Fsp3) is 0.333. The molecular formula is C39H40N6O9. The van der Waals surface area contributed by atoms with Crippen LogP contribution in [0.5, 0.6) is 5.88 Å². The number of benzene rings is 2. The standard InChI is InChI=1S/C39H40N6O9/c46-34-8-7-33(37(47)44-34)45-38(48)28-2-1-3-31(36(28)39(45)49)41-12-13-50-14-15-51-16-17-52-18-19-53-20-21-54-35-9-5-26(23-42-35)25-4-6-27-29-24-40-11-10-30(29)43-32(27)22-25/h1-6,9-11,22-24,33,41,43H,7-8,12-21H2,(H,44,46,47). The first-order valence-electron chi connectivity index (χ1n) is 17.8. The van der Waals surface area contributed by atoms with Crippen molar-refractivity contribution in [3.8, 4) is 17.0 Å². The van der Waals surface area contributed by atoms with Crippen LogP contribution in [0.4, 0.5) is 5.69 Å². The Balaban J connectivity index is 0.699. The number of imide groups is 2. The Bertz CT molecular complexity index is 2140. The Morgan fingerprint density at radius 3 is 2.22 bits per heavy atom. The predicted molar refractivity (Wildman–Crippen MR) is 197 cm³/mol. The summed E-state index contributed by atoms with van der Waals surface area (Å²) in [5.74, 6) is -1.63. The van der Waals surface area contributed by atoms with Gasteiger partial charge < -0.3 is 34.0 Å². The van der Waals surface area contributed by atoms with Crippen molar-refractivity contribution in [2.24, 2.45) is 0 Å². The number of hydrogen-bond acceptors (Lipinski definition) is 12. The van der Waals surface area contributed by atoms with Crippen LogP contribution in [0.25, 0.3) is 32.9 Å². The summed E-state index contributed by atoms with van der Waals surface area (Å²) in [6.45, 7) is 3.95. The van der Waals surface area contributed by atoms with Gasteiger partial charge in [0.15, 0.2) is 0 Å². The smallest absolute Gasteiger partial charge is 0.264 e. The van der Waals surface area contributed by atoms with Gasteiger partial charge in [-0.15, -0.1) is 0 Å². The molecule has 0 radical (unpaired) electrons. The van der Waals surface area contributed by atoms with Gasteiger partial charge in [0.2, 0.25) is 17.7 Å². The number of piperidine rings is 1. The third kappa shape index (κ3) is 8.39. The molecule has 2 aliphatic heterocycles. The number of fused-ring (bicyclic) bond motifs is 4. The molecule has 1 atom stereocenters. The van der Waals surface area contributed by atoms with E-state index >= 15 is 0 Å². The predicted octanol–water partition coefficient (Wildman–Crippen LogP) is 3.74. The van der Waals surface area contributed by atoms with E-state index in [1.807, 2.05) is 24.4 Å². The minimum absolute atomic E-state index is 0.0660. The van der Waals surface area contributed by atoms with Gasteiger partial charge in [-0.2, -0.15) is 0 Å². The van der Waals surface area contributed by atoms with Crippen LogP contribution in [0.3, 0.4) is 0 Å². The van der Waals surface area contributed by atoms with E-state index in [1.54, 1.807) is 30.6 Å². The second-order valence-electron chi connectivity index (χ2n) is 12.6. The molecule has 0 spiro atoms. The maximum atomic E-state index is 13.2. The molecule has 2 aliphatic rings. The molecule has 4 amide bonds. The third-order valence-corrected chi connectivity index (χ3v) is 9.09. The molecule has 7 rings (SSSR count). The van der Waals surface area contributed by atoms with Crippen molar-refractivity contribution in [1.82, 2.24) is 25.2 Å². The summed E-state index contributed by atoms with van der Waals surface area (Å²) in [4.78, 5) is 63.0. The summed E-state index contributed by atoms with van der Waals surface area (Å²) >= 11 is 0. The van der Waals surface area contributed by atoms with Gasteiger partial charge in [-0.25, -0.2) is 4.98 Å². The lowest BCUT2D eigenvalue weighted by atomic mass is 10.0. The quantitative estimate of drug-likeness (QED) is 0.0826. The first-order valence-corrected chi connectivity index (χ1v) is 17.8. The largest absolute Gasteiger partial charge is 0.475 e. The molecule has 280 valence electrons. The number of carbonyl (C=O) groups is 4. The maximum Gasteiger partial charge on any atom is 0.264 e. The maximum absolute atomic E-state index is 13.2. The van der Waals surface area contributed by atoms with Crippen LogP contribution in [-0.4, -0.2) is 116 Å². The summed E-state index contributed by atoms with van der Waals surface area (Å²) in [6, 6.07) is 16.0. The molecule has 3 aromatic heterocycles. The molecule has 1 unspecified atom stereocenters. The van der Waals surface area contributed by atoms with Crippen LogP contribution in [0.15, 0.2) is 73.2 Å². The highest BCUT2D eigenvalue weighted by Gasteiger charge is 2.45. The van der Waals surface area contributed by atoms with E-state index in [0.717, 1.165) is 37.8 Å². The van der Waals surface area contributed by atoms with Crippen molar-refractivity contribution >= 4 is 51.1 Å². The van der Waals surface area contributed by atoms with Crippen LogP contribution in [-0.2, 0) is 28.5 Å². The number of ether oxygens (including phenoxy) is 5. The molecule has 0 saturated carbocycles. The van der Waals surface area contributed by atoms with Crippen LogP contribution in [0, 0.1) is 0 Å². The van der Waals surface area contributed by atoms with Gasteiger partial charge in [0.25, 0.3) is 11.8 Å². The van der Waals surface area contributed by atoms with Crippen LogP contribution in [0.2, 0.25) is 0 Å². The Hall–Kier alpha value is -5.74. The van der Waals surface area contributed by atoms with Crippen molar-refractivity contribution in [3.05, 3.63) is 84.3 Å². The van der Waals surface area contributed by atoms with E-state index < -0.39 is 29.7 Å². The van der Waals surface area contributed by atoms with Gasteiger partial charge in [0, 0.05) is 70.7 Å². The van der Waals surface area contributed by atoms with Gasteiger partial charge >= 0.3 is 0 Å². The lowest BCUT2D eigenvalue weighted by Gasteiger charge is -2.27. The second-order valence-corrected chi connectivity index (χ2v) is 12.6. The molecule has 5 heterocycles. The van der Waals surface area contributed by atoms with E-state index in [-0.39, 0.29) is 24.0 Å². The highest BCUT2D eigenvalue weighted by Crippen LogP contribution is 2.33. The molecule has 5 aromatic rings. The fourth-order valence-electron chi connectivity index (χ4n) is 6.45. The van der Waals surface area contributed by atoms with E-state index in [9.17, 15) is 19.2 Å². The second kappa shape index (κ2) is 17.4. The number of anilines is 1. The Morgan fingerprint density at radius 2 is 1.48 bits per heavy atom. The number of nitrogens with one attached hydrogen (secondary N) is 3. The zero-order valence-corrected chi connectivity index (χ0v) is 29.5. The van der Waals surface area contributed by atoms with Gasteiger partial charge in [-0.05, 0) is 42.3 Å². The van der Waals surface area contributed by atoms with Crippen LogP contribution >= 0.6 is 0 Å². The fourth-order valence-corrected chi connectivity index (χ4v) is 6.45. The molecule has 2 aromatic carbocycles. The summed E-state index contributed by atoms with van der Waals surface area (Å²) in [6.07, 6.45) is 5.62. The van der Waals surface area contributed by atoms with E-state index in [0.29, 0.717) is 77.6 Å². The Kier molecular flexibility index (Phi) is 11.8. The number of aromatic amines is 1. The zero-order chi connectivity index (χ0) is 37.3. The first kappa shape index (κ1) is 36.6. The number of carbonyl (C=O) groups excluding carboxylic acids is 4. The van der Waals surface area contributed by atoms with Crippen LogP contribution in [0.1, 0.15) is 33.6 Å². The number of pyridine rings is 2. The molecular weight excluding hydrogens is 696 g/mol. The Morgan fingerprint density at radius 1 is 0.741 bits per heavy atom. The minimum atomic E-state index is -1.01. The number of nitrogens with zero attached hydrogens (tertiary/aromatic N) is 3. The highest BCUT2D eigenvalue weighted by atomic mass is 16.6. The minimum Gasteiger partial charge on any atom is -0.475 e. The molecule has 1 saturated heterocycles. The summed E-state index contributed by atoms with van der Waals surface area (Å²) in [7, 11) is 0. The van der Waals surface area contributed by atoms with Crippen molar-refractivity contribution in [2.75, 3.05) is 71.3 Å². The van der Waals surface area contributed by atoms with E-state index in [2.05, 4.69) is 43.8 Å². The van der Waals surface area contributed by atoms with Gasteiger partial charge in [0.1, 0.15) is 12.6 Å². The number of rotatable bonds is 19. The summed E-state index contributed by atoms with van der Waals surface area (Å²) in [5, 5.41) is 7.58. The average Bonchev–Trinajstić information content (AvgIpc) is 3.68. The lowest BCUT2D eigenvalue weighted by Crippen LogP contribution is -2.54. The van der Waals surface area contributed by atoms with Gasteiger partial charge in [0.05, 0.1) is 64.0 Å². The highest BCUT2D eigenvalue weighted by molar-refractivity contribution is 6.25. The average molecular weight is 737 g/mol.